The molecule has 5 heteroatoms. The molecular weight excluding hydrogens is 222 g/mol. The Balaban J connectivity index is 3.72. The van der Waals surface area contributed by atoms with E-state index in [0.717, 1.165) is 19.3 Å². The van der Waals surface area contributed by atoms with Gasteiger partial charge in [0.2, 0.25) is 0 Å². The second-order valence-electron chi connectivity index (χ2n) is 3.63. The number of hydrogen-bond donors (Lipinski definition) is 1. The summed E-state index contributed by atoms with van der Waals surface area (Å²) in [5.41, 5.74) is 0. The van der Waals surface area contributed by atoms with E-state index in [1.54, 1.807) is 6.92 Å². The van der Waals surface area contributed by atoms with Crippen molar-refractivity contribution in [1.82, 2.24) is 5.32 Å². The molecule has 0 saturated carbocycles. The summed E-state index contributed by atoms with van der Waals surface area (Å²) in [4.78, 5) is 22.5. The molecule has 0 radical (unpaired) electrons. The Bertz CT molecular complexity index is 253. The molecule has 0 aromatic heterocycles. The summed E-state index contributed by atoms with van der Waals surface area (Å²) in [6.45, 7) is 7.54. The Kier molecular flexibility index (Phi) is 8.82. The van der Waals surface area contributed by atoms with Gasteiger partial charge in [0.25, 0.3) is 0 Å². The summed E-state index contributed by atoms with van der Waals surface area (Å²) in [6.07, 6.45) is 3.74. The molecule has 1 amide bonds. The molecule has 0 aliphatic rings. The van der Waals surface area contributed by atoms with Gasteiger partial charge in [-0.15, -0.1) is 0 Å². The third-order valence-electron chi connectivity index (χ3n) is 2.01. The molecule has 0 rings (SSSR count). The summed E-state index contributed by atoms with van der Waals surface area (Å²) >= 11 is 0. The molecule has 98 valence electrons. The van der Waals surface area contributed by atoms with E-state index in [9.17, 15) is 9.59 Å². The first-order chi connectivity index (χ1) is 8.11. The molecule has 17 heavy (non-hydrogen) atoms. The third-order valence-corrected chi connectivity index (χ3v) is 2.01. The summed E-state index contributed by atoms with van der Waals surface area (Å²) in [5.74, 6) is -0.448. The van der Waals surface area contributed by atoms with Crippen molar-refractivity contribution in [2.75, 3.05) is 13.2 Å². The van der Waals surface area contributed by atoms with Crippen LogP contribution >= 0.6 is 0 Å². The summed E-state index contributed by atoms with van der Waals surface area (Å²) in [6, 6.07) is -0.700. The second-order valence-corrected chi connectivity index (χ2v) is 3.63. The largest absolute Gasteiger partial charge is 0.464 e. The highest BCUT2D eigenvalue weighted by Crippen LogP contribution is 1.96. The fourth-order valence-electron chi connectivity index (χ4n) is 1.06. The van der Waals surface area contributed by atoms with Crippen molar-refractivity contribution in [2.24, 2.45) is 0 Å². The van der Waals surface area contributed by atoms with Gasteiger partial charge in [0.15, 0.2) is 0 Å². The molecule has 0 aromatic carbocycles. The van der Waals surface area contributed by atoms with Gasteiger partial charge in [-0.2, -0.15) is 0 Å². The molecule has 1 atom stereocenters. The van der Waals surface area contributed by atoms with Gasteiger partial charge in [-0.05, 0) is 13.3 Å². The normalized spacial score (nSPS) is 11.4. The Hall–Kier alpha value is -1.52. The van der Waals surface area contributed by atoms with Crippen molar-refractivity contribution in [3.63, 3.8) is 0 Å². The highest BCUT2D eigenvalue weighted by Gasteiger charge is 2.17. The lowest BCUT2D eigenvalue weighted by Crippen LogP contribution is -2.40. The summed E-state index contributed by atoms with van der Waals surface area (Å²) < 4.78 is 9.66. The van der Waals surface area contributed by atoms with Crippen LogP contribution in [0.15, 0.2) is 12.7 Å². The van der Waals surface area contributed by atoms with Gasteiger partial charge in [-0.1, -0.05) is 32.4 Å². The van der Waals surface area contributed by atoms with Crippen molar-refractivity contribution >= 4 is 12.1 Å². The molecule has 0 aliphatic carbocycles. The van der Waals surface area contributed by atoms with E-state index >= 15 is 0 Å². The highest BCUT2D eigenvalue weighted by atomic mass is 16.6. The zero-order valence-corrected chi connectivity index (χ0v) is 10.5. The number of ether oxygens (including phenoxy) is 2. The van der Waals surface area contributed by atoms with Crippen LogP contribution in [-0.4, -0.2) is 31.3 Å². The molecule has 5 nitrogen and oxygen atoms in total. The third kappa shape index (κ3) is 8.30. The average Bonchev–Trinajstić information content (AvgIpc) is 2.31. The molecule has 0 unspecified atom stereocenters. The Morgan fingerprint density at radius 2 is 2.06 bits per heavy atom. The Morgan fingerprint density at radius 3 is 2.65 bits per heavy atom. The number of nitrogens with one attached hydrogen (secondary N) is 1. The van der Waals surface area contributed by atoms with Gasteiger partial charge in [-0.3, -0.25) is 0 Å². The molecule has 0 spiro atoms. The summed E-state index contributed by atoms with van der Waals surface area (Å²) in [5, 5.41) is 2.37. The van der Waals surface area contributed by atoms with Crippen LogP contribution in [0.4, 0.5) is 4.79 Å². The monoisotopic (exact) mass is 243 g/mol. The summed E-state index contributed by atoms with van der Waals surface area (Å²) in [7, 11) is 0. The van der Waals surface area contributed by atoms with E-state index in [4.69, 9.17) is 4.74 Å². The minimum absolute atomic E-state index is 0.115. The Labute approximate surface area is 102 Å². The quantitative estimate of drug-likeness (QED) is 0.402. The number of esters is 1. The van der Waals surface area contributed by atoms with E-state index < -0.39 is 18.1 Å². The predicted molar refractivity (Wildman–Crippen MR) is 64.6 cm³/mol. The van der Waals surface area contributed by atoms with E-state index in [1.165, 1.54) is 6.08 Å². The van der Waals surface area contributed by atoms with Gasteiger partial charge in [-0.25, -0.2) is 9.59 Å². The first-order valence-corrected chi connectivity index (χ1v) is 5.82. The van der Waals surface area contributed by atoms with Crippen molar-refractivity contribution in [3.05, 3.63) is 12.7 Å². The molecule has 1 N–H and O–H groups in total. The van der Waals surface area contributed by atoms with Crippen LogP contribution in [0.25, 0.3) is 0 Å². The minimum Gasteiger partial charge on any atom is -0.464 e. The molecule has 0 saturated heterocycles. The highest BCUT2D eigenvalue weighted by molar-refractivity contribution is 5.80. The predicted octanol–water partition coefficient (Wildman–Crippen LogP) is 2.02. The average molecular weight is 243 g/mol. The molecule has 0 aromatic rings. The molecular formula is C12H21NO4. The van der Waals surface area contributed by atoms with Gasteiger partial charge in [0.1, 0.15) is 12.6 Å². The first kappa shape index (κ1) is 15.5. The number of rotatable bonds is 8. The Morgan fingerprint density at radius 1 is 1.35 bits per heavy atom. The van der Waals surface area contributed by atoms with Crippen molar-refractivity contribution in [1.29, 1.82) is 0 Å². The van der Waals surface area contributed by atoms with Crippen molar-refractivity contribution in [3.8, 4) is 0 Å². The second kappa shape index (κ2) is 9.69. The number of carbonyl (C=O) groups excluding carboxylic acids is 2. The van der Waals surface area contributed by atoms with Gasteiger partial charge < -0.3 is 14.8 Å². The van der Waals surface area contributed by atoms with E-state index in [2.05, 4.69) is 23.6 Å². The van der Waals surface area contributed by atoms with Crippen LogP contribution in [-0.2, 0) is 14.3 Å². The van der Waals surface area contributed by atoms with Crippen molar-refractivity contribution in [2.45, 2.75) is 39.2 Å². The van der Waals surface area contributed by atoms with E-state index in [-0.39, 0.29) is 6.61 Å². The zero-order chi connectivity index (χ0) is 13.1. The smallest absolute Gasteiger partial charge is 0.408 e. The maximum Gasteiger partial charge on any atom is 0.408 e. The topological polar surface area (TPSA) is 64.6 Å². The van der Waals surface area contributed by atoms with Crippen LogP contribution in [0.1, 0.15) is 33.1 Å². The van der Waals surface area contributed by atoms with Crippen LogP contribution < -0.4 is 5.32 Å². The molecule has 0 bridgehead atoms. The SMILES string of the molecule is C=CCOC(=O)N[C@@H](C)C(=O)OCCCCC. The molecule has 0 heterocycles. The van der Waals surface area contributed by atoms with E-state index in [1.807, 2.05) is 0 Å². The number of unbranched alkanes of at least 4 members (excludes halogenated alkanes) is 2. The fraction of sp³-hybridized carbons (Fsp3) is 0.667. The van der Waals surface area contributed by atoms with Crippen LogP contribution in [0, 0.1) is 0 Å². The number of amides is 1. The standard InChI is InChI=1S/C12H21NO4/c1-4-6-7-9-16-11(14)10(3)13-12(15)17-8-5-2/h5,10H,2,4,6-9H2,1,3H3,(H,13,15)/t10-/m0/s1. The molecule has 0 fully saturated rings. The number of hydrogen-bond acceptors (Lipinski definition) is 4. The van der Waals surface area contributed by atoms with Gasteiger partial charge >= 0.3 is 12.1 Å². The van der Waals surface area contributed by atoms with Crippen LogP contribution in [0.3, 0.4) is 0 Å². The molecule has 0 aliphatic heterocycles. The van der Waals surface area contributed by atoms with Crippen LogP contribution in [0.5, 0.6) is 0 Å². The van der Waals surface area contributed by atoms with E-state index in [0.29, 0.717) is 6.61 Å². The van der Waals surface area contributed by atoms with Crippen LogP contribution in [0.2, 0.25) is 0 Å². The number of carbonyl (C=O) groups is 2. The van der Waals surface area contributed by atoms with Crippen molar-refractivity contribution < 1.29 is 19.1 Å². The minimum atomic E-state index is -0.700. The maximum absolute atomic E-state index is 11.4. The maximum atomic E-state index is 11.4. The van der Waals surface area contributed by atoms with Gasteiger partial charge in [0.05, 0.1) is 6.61 Å². The lowest BCUT2D eigenvalue weighted by atomic mass is 10.3. The fourth-order valence-corrected chi connectivity index (χ4v) is 1.06. The lowest BCUT2D eigenvalue weighted by molar-refractivity contribution is -0.145. The number of alkyl carbamates (subject to hydrolysis) is 1. The zero-order valence-electron chi connectivity index (χ0n) is 10.5. The first-order valence-electron chi connectivity index (χ1n) is 5.82. The lowest BCUT2D eigenvalue weighted by Gasteiger charge is -2.12. The van der Waals surface area contributed by atoms with Gasteiger partial charge in [0, 0.05) is 0 Å².